The molecule has 0 radical (unpaired) electrons. The summed E-state index contributed by atoms with van der Waals surface area (Å²) in [6, 6.07) is 7.95. The molecule has 2 aromatic carbocycles. The van der Waals surface area contributed by atoms with E-state index in [0.717, 1.165) is 24.3 Å². The number of hydrogen-bond donors (Lipinski definition) is 1. The van der Waals surface area contributed by atoms with Crippen LogP contribution in [0.3, 0.4) is 0 Å². The van der Waals surface area contributed by atoms with Crippen LogP contribution in [-0.4, -0.2) is 62.6 Å². The van der Waals surface area contributed by atoms with Crippen molar-refractivity contribution in [3.8, 4) is 5.75 Å². The van der Waals surface area contributed by atoms with E-state index in [0.29, 0.717) is 37.8 Å². The van der Waals surface area contributed by atoms with Crippen LogP contribution in [0.25, 0.3) is 6.08 Å². The van der Waals surface area contributed by atoms with Gasteiger partial charge in [-0.25, -0.2) is 17.9 Å². The fourth-order valence-electron chi connectivity index (χ4n) is 4.41. The summed E-state index contributed by atoms with van der Waals surface area (Å²) in [5, 5.41) is 4.98. The zero-order valence-electron chi connectivity index (χ0n) is 18.6. The lowest BCUT2D eigenvalue weighted by molar-refractivity contribution is -0.274. The predicted molar refractivity (Wildman–Crippen MR) is 119 cm³/mol. The zero-order valence-corrected chi connectivity index (χ0v) is 19.4. The average Bonchev–Trinajstić information content (AvgIpc) is 3.36. The number of ether oxygens (including phenoxy) is 1. The van der Waals surface area contributed by atoms with E-state index >= 15 is 0 Å². The maximum atomic E-state index is 14.4. The number of alkyl halides is 3. The van der Waals surface area contributed by atoms with Crippen LogP contribution in [-0.2, 0) is 14.8 Å². The number of sulfonamides is 1. The first-order valence-corrected chi connectivity index (χ1v) is 12.3. The highest BCUT2D eigenvalue weighted by molar-refractivity contribution is 7.89. The largest absolute Gasteiger partial charge is 0.573 e. The van der Waals surface area contributed by atoms with E-state index < -0.39 is 33.0 Å². The van der Waals surface area contributed by atoms with E-state index in [4.69, 9.17) is 5.14 Å². The Kier molecular flexibility index (Phi) is 6.80. The summed E-state index contributed by atoms with van der Waals surface area (Å²) in [4.78, 5) is 28.0. The van der Waals surface area contributed by atoms with Crippen LogP contribution in [0.1, 0.15) is 15.9 Å². The van der Waals surface area contributed by atoms with Crippen molar-refractivity contribution in [2.24, 2.45) is 17.0 Å². The number of fused-ring (bicyclic) bond motifs is 1. The van der Waals surface area contributed by atoms with E-state index in [1.165, 1.54) is 29.2 Å². The van der Waals surface area contributed by atoms with Crippen LogP contribution in [0.4, 0.5) is 17.6 Å². The molecule has 4 rings (SSSR count). The summed E-state index contributed by atoms with van der Waals surface area (Å²) in [6.07, 6.45) is -1.97. The Morgan fingerprint density at radius 3 is 2.08 bits per heavy atom. The van der Waals surface area contributed by atoms with Crippen molar-refractivity contribution in [1.82, 2.24) is 9.80 Å². The first-order valence-electron chi connectivity index (χ1n) is 10.7. The first kappa shape index (κ1) is 25.6. The Balaban J connectivity index is 1.32. The van der Waals surface area contributed by atoms with Crippen LogP contribution in [0, 0.1) is 17.7 Å². The summed E-state index contributed by atoms with van der Waals surface area (Å²) >= 11 is 0. The normalized spacial score (nSPS) is 20.1. The molecule has 2 fully saturated rings. The monoisotopic (exact) mass is 527 g/mol. The second kappa shape index (κ2) is 9.54. The number of hydrogen-bond acceptors (Lipinski definition) is 5. The second-order valence-corrected chi connectivity index (χ2v) is 10.2. The van der Waals surface area contributed by atoms with Crippen molar-refractivity contribution in [3.05, 3.63) is 65.5 Å². The molecule has 2 aliphatic heterocycles. The molecule has 0 spiro atoms. The highest BCUT2D eigenvalue weighted by atomic mass is 32.2. The van der Waals surface area contributed by atoms with E-state index in [1.54, 1.807) is 4.90 Å². The van der Waals surface area contributed by atoms with Gasteiger partial charge in [0.25, 0.3) is 5.91 Å². The minimum Gasteiger partial charge on any atom is -0.406 e. The average molecular weight is 527 g/mol. The van der Waals surface area contributed by atoms with Gasteiger partial charge in [0, 0.05) is 44.1 Å². The number of amides is 2. The summed E-state index contributed by atoms with van der Waals surface area (Å²) in [5.74, 6) is -2.20. The van der Waals surface area contributed by atoms with Crippen LogP contribution >= 0.6 is 0 Å². The number of rotatable bonds is 5. The van der Waals surface area contributed by atoms with Crippen LogP contribution in [0.2, 0.25) is 0 Å². The number of primary sulfonamides is 1. The van der Waals surface area contributed by atoms with Crippen LogP contribution < -0.4 is 9.88 Å². The fraction of sp³-hybridized carbons (Fsp3) is 0.304. The molecule has 36 heavy (non-hydrogen) atoms. The molecule has 2 N–H and O–H groups in total. The molecule has 2 saturated heterocycles. The number of likely N-dealkylation sites (tertiary alicyclic amines) is 2. The molecule has 0 aliphatic carbocycles. The molecule has 2 heterocycles. The third kappa shape index (κ3) is 5.85. The van der Waals surface area contributed by atoms with Crippen molar-refractivity contribution in [1.29, 1.82) is 0 Å². The molecule has 1 unspecified atom stereocenters. The van der Waals surface area contributed by atoms with Crippen molar-refractivity contribution in [2.75, 3.05) is 26.2 Å². The van der Waals surface area contributed by atoms with E-state index in [2.05, 4.69) is 4.74 Å². The van der Waals surface area contributed by atoms with Gasteiger partial charge in [-0.2, -0.15) is 0 Å². The lowest BCUT2D eigenvalue weighted by atomic mass is 10.0. The Bertz CT molecular complexity index is 1300. The molecule has 8 nitrogen and oxygen atoms in total. The molecule has 192 valence electrons. The van der Waals surface area contributed by atoms with Crippen molar-refractivity contribution in [3.63, 3.8) is 0 Å². The van der Waals surface area contributed by atoms with Crippen molar-refractivity contribution >= 4 is 27.9 Å². The highest BCUT2D eigenvalue weighted by Gasteiger charge is 2.43. The number of nitrogens with zero attached hydrogens (tertiary/aromatic N) is 2. The van der Waals surface area contributed by atoms with Gasteiger partial charge >= 0.3 is 6.36 Å². The first-order chi connectivity index (χ1) is 16.8. The molecule has 2 atom stereocenters. The van der Waals surface area contributed by atoms with Gasteiger partial charge < -0.3 is 14.5 Å². The third-order valence-corrected chi connectivity index (χ3v) is 7.03. The van der Waals surface area contributed by atoms with Crippen molar-refractivity contribution in [2.45, 2.75) is 11.3 Å². The number of halogens is 4. The number of nitrogens with two attached hydrogens (primary N) is 1. The zero-order chi connectivity index (χ0) is 26.3. The quantitative estimate of drug-likeness (QED) is 0.475. The number of carbonyl (C=O) groups excluding carboxylic acids is 2. The molecule has 0 bridgehead atoms. The predicted octanol–water partition coefficient (Wildman–Crippen LogP) is 2.62. The summed E-state index contributed by atoms with van der Waals surface area (Å²) < 4.78 is 77.6. The van der Waals surface area contributed by atoms with Gasteiger partial charge in [0.15, 0.2) is 0 Å². The van der Waals surface area contributed by atoms with Crippen LogP contribution in [0.15, 0.2) is 53.4 Å². The van der Waals surface area contributed by atoms with Gasteiger partial charge in [-0.3, -0.25) is 9.59 Å². The molecular weight excluding hydrogens is 506 g/mol. The van der Waals surface area contributed by atoms with Gasteiger partial charge in [-0.1, -0.05) is 12.1 Å². The molecule has 2 amide bonds. The van der Waals surface area contributed by atoms with Crippen molar-refractivity contribution < 1.29 is 40.3 Å². The third-order valence-electron chi connectivity index (χ3n) is 6.12. The Hall–Kier alpha value is -3.45. The topological polar surface area (TPSA) is 110 Å². The molecule has 0 aromatic heterocycles. The van der Waals surface area contributed by atoms with Gasteiger partial charge in [-0.15, -0.1) is 13.2 Å². The Morgan fingerprint density at radius 1 is 0.972 bits per heavy atom. The molecule has 13 heteroatoms. The molecule has 2 aromatic rings. The minimum atomic E-state index is -4.78. The van der Waals surface area contributed by atoms with Crippen LogP contribution in [0.5, 0.6) is 5.75 Å². The molecule has 2 aliphatic rings. The highest BCUT2D eigenvalue weighted by Crippen LogP contribution is 2.32. The standard InChI is InChI=1S/C23H21F4N3O5S/c24-20-9-18(36(28,33)34)6-7-19(20)22(32)30-12-15-10-29(11-16(15)13-30)21(31)8-3-14-1-4-17(5-2-14)35-23(25,26)27/h1-9,15-16H,10-13H2,(H2,28,33,34)/b8-3+/t15-,16?/m1/s1. The fourth-order valence-corrected chi connectivity index (χ4v) is 4.93. The lowest BCUT2D eigenvalue weighted by Crippen LogP contribution is -2.35. The Morgan fingerprint density at radius 2 is 1.56 bits per heavy atom. The summed E-state index contributed by atoms with van der Waals surface area (Å²) in [7, 11) is -4.10. The maximum absolute atomic E-state index is 14.4. The minimum absolute atomic E-state index is 0.00291. The molecular formula is C23H21F4N3O5S. The SMILES string of the molecule is NS(=O)(=O)c1ccc(C(=O)N2CC3CN(C(=O)/C=C/c4ccc(OC(F)(F)F)cc4)C[C@@H]3C2)c(F)c1. The molecule has 0 saturated carbocycles. The maximum Gasteiger partial charge on any atom is 0.573 e. The number of benzene rings is 2. The van der Waals surface area contributed by atoms with E-state index in [9.17, 15) is 35.6 Å². The summed E-state index contributed by atoms with van der Waals surface area (Å²) in [5.41, 5.74) is 0.259. The Labute approximate surface area is 204 Å². The van der Waals surface area contributed by atoms with E-state index in [1.807, 2.05) is 0 Å². The smallest absolute Gasteiger partial charge is 0.406 e. The van der Waals surface area contributed by atoms with Gasteiger partial charge in [0.1, 0.15) is 11.6 Å². The van der Waals surface area contributed by atoms with E-state index in [-0.39, 0.29) is 29.1 Å². The summed E-state index contributed by atoms with van der Waals surface area (Å²) in [6.45, 7) is 1.41. The lowest BCUT2D eigenvalue weighted by Gasteiger charge is -2.21. The van der Waals surface area contributed by atoms with Gasteiger partial charge in [0.05, 0.1) is 10.5 Å². The van der Waals surface area contributed by atoms with Gasteiger partial charge in [-0.05, 0) is 42.0 Å². The number of carbonyl (C=O) groups is 2. The van der Waals surface area contributed by atoms with Gasteiger partial charge in [0.2, 0.25) is 15.9 Å². The second-order valence-electron chi connectivity index (χ2n) is 8.61.